The van der Waals surface area contributed by atoms with Crippen LogP contribution in [0.15, 0.2) is 12.2 Å². The van der Waals surface area contributed by atoms with Gasteiger partial charge >= 0.3 is 11.9 Å². The first-order valence-corrected chi connectivity index (χ1v) is 26.2. The molecule has 0 aliphatic carbocycles. The van der Waals surface area contributed by atoms with Crippen LogP contribution in [0, 0.1) is 0 Å². The smallest absolute Gasteiger partial charge is 0.306 e. The van der Waals surface area contributed by atoms with E-state index in [0.717, 1.165) is 44.9 Å². The number of ether oxygens (including phenoxy) is 3. The lowest BCUT2D eigenvalue weighted by Crippen LogP contribution is -2.30. The number of allylic oxidation sites excluding steroid dienone is 2. The van der Waals surface area contributed by atoms with Crippen molar-refractivity contribution in [3.8, 4) is 0 Å². The largest absolute Gasteiger partial charge is 0.462 e. The fourth-order valence-corrected chi connectivity index (χ4v) is 7.86. The zero-order chi connectivity index (χ0) is 42.1. The van der Waals surface area contributed by atoms with Crippen molar-refractivity contribution in [2.75, 3.05) is 19.8 Å². The fraction of sp³-hybridized carbons (Fsp3) is 0.925. The van der Waals surface area contributed by atoms with Gasteiger partial charge in [-0.1, -0.05) is 245 Å². The van der Waals surface area contributed by atoms with E-state index in [1.807, 2.05) is 0 Å². The van der Waals surface area contributed by atoms with Gasteiger partial charge in [-0.2, -0.15) is 0 Å². The molecule has 344 valence electrons. The van der Waals surface area contributed by atoms with Gasteiger partial charge in [-0.25, -0.2) is 0 Å². The Labute approximate surface area is 363 Å². The summed E-state index contributed by atoms with van der Waals surface area (Å²) in [6.07, 6.45) is 56.4. The lowest BCUT2D eigenvalue weighted by Gasteiger charge is -2.18. The van der Waals surface area contributed by atoms with Crippen molar-refractivity contribution in [3.05, 3.63) is 12.2 Å². The zero-order valence-electron chi connectivity index (χ0n) is 39.6. The molecular formula is C53H102O5. The van der Waals surface area contributed by atoms with Crippen LogP contribution in [-0.2, 0) is 23.8 Å². The summed E-state index contributed by atoms with van der Waals surface area (Å²) in [6.45, 7) is 7.87. The molecule has 0 N–H and O–H groups in total. The second-order valence-electron chi connectivity index (χ2n) is 17.8. The molecule has 0 aliphatic rings. The Hall–Kier alpha value is -1.36. The molecule has 0 spiro atoms. The zero-order valence-corrected chi connectivity index (χ0v) is 39.6. The number of hydrogen-bond acceptors (Lipinski definition) is 5. The van der Waals surface area contributed by atoms with Crippen LogP contribution in [0.5, 0.6) is 0 Å². The second kappa shape index (κ2) is 50.0. The Bertz CT molecular complexity index is 840. The number of carbonyl (C=O) groups excluding carboxylic acids is 2. The molecule has 0 bridgehead atoms. The minimum atomic E-state index is -0.530. The molecule has 5 nitrogen and oxygen atoms in total. The first-order chi connectivity index (χ1) is 28.6. The lowest BCUT2D eigenvalue weighted by atomic mass is 10.0. The van der Waals surface area contributed by atoms with Gasteiger partial charge in [0.2, 0.25) is 0 Å². The summed E-state index contributed by atoms with van der Waals surface area (Å²) in [5.74, 6) is -0.386. The monoisotopic (exact) mass is 819 g/mol. The van der Waals surface area contributed by atoms with Crippen molar-refractivity contribution in [2.24, 2.45) is 0 Å². The van der Waals surface area contributed by atoms with Gasteiger partial charge < -0.3 is 14.2 Å². The molecule has 0 aromatic heterocycles. The molecule has 0 heterocycles. The van der Waals surface area contributed by atoms with Gasteiger partial charge in [-0.15, -0.1) is 0 Å². The molecule has 0 radical (unpaired) electrons. The Kier molecular flexibility index (Phi) is 48.8. The Balaban J connectivity index is 4.20. The molecule has 0 amide bonds. The summed E-state index contributed by atoms with van der Waals surface area (Å²) >= 11 is 0. The van der Waals surface area contributed by atoms with Crippen LogP contribution in [0.1, 0.15) is 290 Å². The Morgan fingerprint density at radius 2 is 0.672 bits per heavy atom. The average Bonchev–Trinajstić information content (AvgIpc) is 3.22. The maximum absolute atomic E-state index is 12.8. The van der Waals surface area contributed by atoms with E-state index in [-0.39, 0.29) is 18.5 Å². The summed E-state index contributed by atoms with van der Waals surface area (Å²) < 4.78 is 17.4. The number of esters is 2. The maximum Gasteiger partial charge on any atom is 0.306 e. The molecule has 0 aliphatic heterocycles. The van der Waals surface area contributed by atoms with Crippen LogP contribution >= 0.6 is 0 Å². The molecule has 1 atom stereocenters. The molecule has 0 unspecified atom stereocenters. The normalized spacial score (nSPS) is 12.1. The van der Waals surface area contributed by atoms with E-state index in [4.69, 9.17) is 14.2 Å². The highest BCUT2D eigenvalue weighted by Gasteiger charge is 2.17. The van der Waals surface area contributed by atoms with Crippen molar-refractivity contribution in [2.45, 2.75) is 297 Å². The van der Waals surface area contributed by atoms with Crippen LogP contribution in [0.3, 0.4) is 0 Å². The summed E-state index contributed by atoms with van der Waals surface area (Å²) in [5, 5.41) is 0. The van der Waals surface area contributed by atoms with Crippen LogP contribution in [0.2, 0.25) is 0 Å². The van der Waals surface area contributed by atoms with Crippen molar-refractivity contribution < 1.29 is 23.8 Å². The van der Waals surface area contributed by atoms with Crippen molar-refractivity contribution >= 4 is 11.9 Å². The third-order valence-corrected chi connectivity index (χ3v) is 11.8. The third-order valence-electron chi connectivity index (χ3n) is 11.8. The van der Waals surface area contributed by atoms with Gasteiger partial charge in [0.05, 0.1) is 6.61 Å². The summed E-state index contributed by atoms with van der Waals surface area (Å²) in [4.78, 5) is 25.4. The molecule has 5 heteroatoms. The van der Waals surface area contributed by atoms with Gasteiger partial charge in [0.25, 0.3) is 0 Å². The molecule has 0 aromatic rings. The number of rotatable bonds is 49. The molecule has 0 saturated carbocycles. The molecule has 58 heavy (non-hydrogen) atoms. The first-order valence-electron chi connectivity index (χ1n) is 26.2. The first kappa shape index (κ1) is 56.6. The van der Waals surface area contributed by atoms with Gasteiger partial charge in [-0.05, 0) is 44.9 Å². The summed E-state index contributed by atoms with van der Waals surface area (Å²) in [7, 11) is 0. The van der Waals surface area contributed by atoms with Gasteiger partial charge in [0.1, 0.15) is 6.61 Å². The highest BCUT2D eigenvalue weighted by Crippen LogP contribution is 2.16. The third kappa shape index (κ3) is 47.3. The van der Waals surface area contributed by atoms with Gasteiger partial charge in [0.15, 0.2) is 6.10 Å². The van der Waals surface area contributed by atoms with Crippen LogP contribution in [0.4, 0.5) is 0 Å². The van der Waals surface area contributed by atoms with Gasteiger partial charge in [-0.3, -0.25) is 9.59 Å². The van der Waals surface area contributed by atoms with Crippen LogP contribution in [0.25, 0.3) is 0 Å². The second-order valence-corrected chi connectivity index (χ2v) is 17.8. The van der Waals surface area contributed by atoms with E-state index in [9.17, 15) is 9.59 Å². The van der Waals surface area contributed by atoms with E-state index in [1.165, 1.54) is 212 Å². The quantitative estimate of drug-likeness (QED) is 0.0348. The van der Waals surface area contributed by atoms with Crippen LogP contribution < -0.4 is 0 Å². The van der Waals surface area contributed by atoms with Gasteiger partial charge in [0, 0.05) is 19.4 Å². The summed E-state index contributed by atoms with van der Waals surface area (Å²) in [5.41, 5.74) is 0. The molecular weight excluding hydrogens is 717 g/mol. The Morgan fingerprint density at radius 1 is 0.362 bits per heavy atom. The molecule has 0 rings (SSSR count). The van der Waals surface area contributed by atoms with E-state index in [2.05, 4.69) is 32.9 Å². The molecule has 0 saturated heterocycles. The van der Waals surface area contributed by atoms with E-state index in [1.54, 1.807) is 0 Å². The minimum Gasteiger partial charge on any atom is -0.462 e. The predicted octanol–water partition coefficient (Wildman–Crippen LogP) is 17.5. The SMILES string of the molecule is CCCCCC/C=C\CCCCCCCC(=O)O[C@H](COCCCCCCCCCCCCCCCCCC)COC(=O)CCCCCCCCCCCCCCC. The number of unbranched alkanes of at least 4 members (excludes halogenated alkanes) is 36. The van der Waals surface area contributed by atoms with Crippen LogP contribution in [-0.4, -0.2) is 37.9 Å². The highest BCUT2D eigenvalue weighted by molar-refractivity contribution is 5.70. The Morgan fingerprint density at radius 3 is 1.07 bits per heavy atom. The highest BCUT2D eigenvalue weighted by atomic mass is 16.6. The maximum atomic E-state index is 12.8. The minimum absolute atomic E-state index is 0.0914. The standard InChI is InChI=1S/C53H102O5/c1-4-7-10-13-16-19-22-25-26-27-30-33-36-39-42-45-48-56-49-51(58-53(55)47-44-41-38-35-32-29-24-21-18-15-12-9-6-3)50-57-52(54)46-43-40-37-34-31-28-23-20-17-14-11-8-5-2/h21,24,51H,4-20,22-23,25-50H2,1-3H3/b24-21-/t51-/m1/s1. The summed E-state index contributed by atoms with van der Waals surface area (Å²) in [6, 6.07) is 0. The van der Waals surface area contributed by atoms with Crippen molar-refractivity contribution in [1.29, 1.82) is 0 Å². The van der Waals surface area contributed by atoms with E-state index < -0.39 is 6.10 Å². The lowest BCUT2D eigenvalue weighted by molar-refractivity contribution is -0.163. The van der Waals surface area contributed by atoms with E-state index in [0.29, 0.717) is 26.1 Å². The average molecular weight is 819 g/mol. The molecule has 0 aromatic carbocycles. The van der Waals surface area contributed by atoms with E-state index >= 15 is 0 Å². The van der Waals surface area contributed by atoms with Crippen molar-refractivity contribution in [1.82, 2.24) is 0 Å². The van der Waals surface area contributed by atoms with Crippen molar-refractivity contribution in [3.63, 3.8) is 0 Å². The number of hydrogen-bond donors (Lipinski definition) is 0. The predicted molar refractivity (Wildman–Crippen MR) is 252 cm³/mol. The fourth-order valence-electron chi connectivity index (χ4n) is 7.86. The number of carbonyl (C=O) groups is 2. The molecule has 0 fully saturated rings. The topological polar surface area (TPSA) is 61.8 Å².